The number of ether oxygens (including phenoxy) is 1. The van der Waals surface area contributed by atoms with Crippen molar-refractivity contribution in [2.24, 2.45) is 5.92 Å². The molecule has 1 amide bonds. The third-order valence-electron chi connectivity index (χ3n) is 3.35. The van der Waals surface area contributed by atoms with Crippen LogP contribution < -0.4 is 10.1 Å². The first kappa shape index (κ1) is 15.4. The van der Waals surface area contributed by atoms with Crippen molar-refractivity contribution in [1.82, 2.24) is 10.2 Å². The van der Waals surface area contributed by atoms with Crippen LogP contribution in [0, 0.1) is 5.92 Å². The van der Waals surface area contributed by atoms with Crippen LogP contribution in [-0.2, 0) is 4.79 Å². The Bertz CT molecular complexity index is 608. The second kappa shape index (κ2) is 7.17. The highest BCUT2D eigenvalue weighted by Gasteiger charge is 2.17. The number of benzene rings is 1. The van der Waals surface area contributed by atoms with Crippen molar-refractivity contribution in [2.45, 2.75) is 26.7 Å². The van der Waals surface area contributed by atoms with Gasteiger partial charge >= 0.3 is 0 Å². The molecule has 0 aliphatic rings. The zero-order chi connectivity index (χ0) is 15.2. The van der Waals surface area contributed by atoms with E-state index in [1.807, 2.05) is 38.1 Å². The zero-order valence-corrected chi connectivity index (χ0v) is 13.2. The van der Waals surface area contributed by atoms with Crippen molar-refractivity contribution in [1.29, 1.82) is 0 Å². The Morgan fingerprint density at radius 1 is 1.29 bits per heavy atom. The average molecular weight is 305 g/mol. The normalized spacial score (nSPS) is 10.7. The van der Waals surface area contributed by atoms with Crippen LogP contribution in [0.5, 0.6) is 5.75 Å². The molecule has 0 saturated carbocycles. The zero-order valence-electron chi connectivity index (χ0n) is 12.4. The molecule has 0 fully saturated rings. The molecule has 0 aliphatic carbocycles. The summed E-state index contributed by atoms with van der Waals surface area (Å²) in [6, 6.07) is 7.62. The van der Waals surface area contributed by atoms with E-state index in [0.29, 0.717) is 5.13 Å². The largest absolute Gasteiger partial charge is 0.496 e. The van der Waals surface area contributed by atoms with Gasteiger partial charge in [0.05, 0.1) is 12.7 Å². The number of carbonyl (C=O) groups is 1. The molecule has 6 heteroatoms. The Hall–Kier alpha value is -1.95. The van der Waals surface area contributed by atoms with Crippen LogP contribution in [0.2, 0.25) is 0 Å². The fraction of sp³-hybridized carbons (Fsp3) is 0.400. The summed E-state index contributed by atoms with van der Waals surface area (Å²) < 4.78 is 5.31. The third-order valence-corrected chi connectivity index (χ3v) is 4.22. The quantitative estimate of drug-likeness (QED) is 0.886. The summed E-state index contributed by atoms with van der Waals surface area (Å²) in [6.07, 6.45) is 1.64. The van der Waals surface area contributed by atoms with Gasteiger partial charge < -0.3 is 10.1 Å². The number of hydrogen-bond donors (Lipinski definition) is 1. The standard InChI is InChI=1S/C15H19N3O2S/c1-4-10(5-2)13(19)16-15-18-17-14(21-15)11-8-6-7-9-12(11)20-3/h6-10H,4-5H2,1-3H3,(H,16,18,19). The number of methoxy groups -OCH3 is 1. The third kappa shape index (κ3) is 3.58. The molecule has 0 radical (unpaired) electrons. The predicted octanol–water partition coefficient (Wildman–Crippen LogP) is 3.59. The van der Waals surface area contributed by atoms with Crippen LogP contribution in [-0.4, -0.2) is 23.2 Å². The lowest BCUT2D eigenvalue weighted by molar-refractivity contribution is -0.120. The summed E-state index contributed by atoms with van der Waals surface area (Å²) in [6.45, 7) is 4.02. The Balaban J connectivity index is 2.17. The van der Waals surface area contributed by atoms with Gasteiger partial charge in [-0.15, -0.1) is 10.2 Å². The van der Waals surface area contributed by atoms with E-state index in [1.165, 1.54) is 11.3 Å². The number of rotatable bonds is 6. The number of hydrogen-bond acceptors (Lipinski definition) is 5. The highest BCUT2D eigenvalue weighted by molar-refractivity contribution is 7.18. The molecule has 5 nitrogen and oxygen atoms in total. The van der Waals surface area contributed by atoms with E-state index >= 15 is 0 Å². The van der Waals surface area contributed by atoms with E-state index < -0.39 is 0 Å². The maximum Gasteiger partial charge on any atom is 0.229 e. The molecule has 2 rings (SSSR count). The van der Waals surface area contributed by atoms with Crippen molar-refractivity contribution >= 4 is 22.4 Å². The fourth-order valence-corrected chi connectivity index (χ4v) is 2.85. The summed E-state index contributed by atoms with van der Waals surface area (Å²) in [5.41, 5.74) is 0.875. The summed E-state index contributed by atoms with van der Waals surface area (Å²) >= 11 is 1.35. The summed E-state index contributed by atoms with van der Waals surface area (Å²) in [4.78, 5) is 12.0. The molecular formula is C15H19N3O2S. The lowest BCUT2D eigenvalue weighted by Gasteiger charge is -2.10. The summed E-state index contributed by atoms with van der Waals surface area (Å²) in [5.74, 6) is 0.762. The summed E-state index contributed by atoms with van der Waals surface area (Å²) in [5, 5.41) is 12.3. The van der Waals surface area contributed by atoms with Crippen molar-refractivity contribution in [3.63, 3.8) is 0 Å². The van der Waals surface area contributed by atoms with Crippen LogP contribution in [0.3, 0.4) is 0 Å². The molecule has 112 valence electrons. The van der Waals surface area contributed by atoms with Gasteiger partial charge in [0.25, 0.3) is 0 Å². The van der Waals surface area contributed by atoms with Crippen LogP contribution in [0.4, 0.5) is 5.13 Å². The number of carbonyl (C=O) groups excluding carboxylic acids is 1. The molecule has 1 N–H and O–H groups in total. The minimum absolute atomic E-state index is 0.00252. The maximum atomic E-state index is 12.0. The number of nitrogens with one attached hydrogen (secondary N) is 1. The first-order valence-corrected chi connectivity index (χ1v) is 7.79. The van der Waals surface area contributed by atoms with E-state index in [-0.39, 0.29) is 11.8 Å². The van der Waals surface area contributed by atoms with Gasteiger partial charge in [0.15, 0.2) is 5.01 Å². The molecule has 0 unspecified atom stereocenters. The van der Waals surface area contributed by atoms with Gasteiger partial charge in [-0.1, -0.05) is 37.3 Å². The highest BCUT2D eigenvalue weighted by atomic mass is 32.1. The van der Waals surface area contributed by atoms with Gasteiger partial charge in [0.2, 0.25) is 11.0 Å². The van der Waals surface area contributed by atoms with Crippen molar-refractivity contribution in [3.05, 3.63) is 24.3 Å². The highest BCUT2D eigenvalue weighted by Crippen LogP contribution is 2.33. The van der Waals surface area contributed by atoms with Crippen LogP contribution in [0.15, 0.2) is 24.3 Å². The molecule has 0 atom stereocenters. The maximum absolute atomic E-state index is 12.0. The lowest BCUT2D eigenvalue weighted by atomic mass is 10.0. The predicted molar refractivity (Wildman–Crippen MR) is 84.6 cm³/mol. The minimum Gasteiger partial charge on any atom is -0.496 e. The molecule has 0 saturated heterocycles. The Morgan fingerprint density at radius 2 is 2.00 bits per heavy atom. The van der Waals surface area contributed by atoms with E-state index in [9.17, 15) is 4.79 Å². The van der Waals surface area contributed by atoms with E-state index in [4.69, 9.17) is 4.74 Å². The first-order chi connectivity index (χ1) is 10.2. The van der Waals surface area contributed by atoms with E-state index in [2.05, 4.69) is 15.5 Å². The Labute approximate surface area is 128 Å². The second-order valence-corrected chi connectivity index (χ2v) is 5.59. The molecule has 2 aromatic rings. The van der Waals surface area contributed by atoms with Gasteiger partial charge in [-0.25, -0.2) is 0 Å². The topological polar surface area (TPSA) is 64.1 Å². The number of amides is 1. The second-order valence-electron chi connectivity index (χ2n) is 4.62. The minimum atomic E-state index is 0.00252. The average Bonchev–Trinajstić information content (AvgIpc) is 2.96. The van der Waals surface area contributed by atoms with Crippen LogP contribution in [0.25, 0.3) is 10.6 Å². The van der Waals surface area contributed by atoms with Crippen molar-refractivity contribution in [3.8, 4) is 16.3 Å². The van der Waals surface area contributed by atoms with E-state index in [1.54, 1.807) is 7.11 Å². The smallest absolute Gasteiger partial charge is 0.229 e. The van der Waals surface area contributed by atoms with Crippen molar-refractivity contribution in [2.75, 3.05) is 12.4 Å². The van der Waals surface area contributed by atoms with Gasteiger partial charge in [-0.2, -0.15) is 0 Å². The molecule has 0 bridgehead atoms. The van der Waals surface area contributed by atoms with Crippen molar-refractivity contribution < 1.29 is 9.53 Å². The first-order valence-electron chi connectivity index (χ1n) is 6.97. The fourth-order valence-electron chi connectivity index (χ4n) is 2.07. The molecular weight excluding hydrogens is 286 g/mol. The molecule has 1 aromatic heterocycles. The SMILES string of the molecule is CCC(CC)C(=O)Nc1nnc(-c2ccccc2OC)s1. The Kier molecular flexibility index (Phi) is 5.27. The van der Waals surface area contributed by atoms with Gasteiger partial charge in [0.1, 0.15) is 5.75 Å². The number of anilines is 1. The monoisotopic (exact) mass is 305 g/mol. The molecule has 0 aliphatic heterocycles. The van der Waals surface area contributed by atoms with Crippen LogP contribution in [0.1, 0.15) is 26.7 Å². The van der Waals surface area contributed by atoms with Gasteiger partial charge in [0, 0.05) is 5.92 Å². The molecule has 1 heterocycles. The van der Waals surface area contributed by atoms with Crippen LogP contribution >= 0.6 is 11.3 Å². The van der Waals surface area contributed by atoms with E-state index in [0.717, 1.165) is 29.2 Å². The molecule has 1 aromatic carbocycles. The number of aromatic nitrogens is 2. The molecule has 21 heavy (non-hydrogen) atoms. The lowest BCUT2D eigenvalue weighted by Crippen LogP contribution is -2.21. The number of para-hydroxylation sites is 1. The van der Waals surface area contributed by atoms with Gasteiger partial charge in [-0.3, -0.25) is 4.79 Å². The molecule has 0 spiro atoms. The van der Waals surface area contributed by atoms with Gasteiger partial charge in [-0.05, 0) is 25.0 Å². The summed E-state index contributed by atoms with van der Waals surface area (Å²) in [7, 11) is 1.62. The Morgan fingerprint density at radius 3 is 2.67 bits per heavy atom. The number of nitrogens with zero attached hydrogens (tertiary/aromatic N) is 2.